The topological polar surface area (TPSA) is 17.8 Å². The summed E-state index contributed by atoms with van der Waals surface area (Å²) in [7, 11) is 0. The predicted molar refractivity (Wildman–Crippen MR) is 84.2 cm³/mol. The van der Waals surface area contributed by atoms with Crippen molar-refractivity contribution in [3.8, 4) is 0 Å². The van der Waals surface area contributed by atoms with Crippen molar-refractivity contribution in [3.63, 3.8) is 0 Å². The van der Waals surface area contributed by atoms with Gasteiger partial charge < -0.3 is 0 Å². The Morgan fingerprint density at radius 1 is 1.28 bits per heavy atom. The molecule has 0 spiro atoms. The Bertz CT molecular complexity index is 544. The van der Waals surface area contributed by atoms with Gasteiger partial charge in [0.05, 0.1) is 17.6 Å². The van der Waals surface area contributed by atoms with Crippen LogP contribution in [-0.2, 0) is 6.54 Å². The molecule has 0 saturated heterocycles. The van der Waals surface area contributed by atoms with E-state index in [0.29, 0.717) is 0 Å². The van der Waals surface area contributed by atoms with Gasteiger partial charge in [-0.05, 0) is 61.1 Å². The SMILES string of the molecule is Cc1nn(Cc2ccc(I)cc2)c(C)c1C(C)Cl. The second-order valence-corrected chi connectivity index (χ2v) is 6.38. The predicted octanol–water partition coefficient (Wildman–Crippen LogP) is 4.45. The van der Waals surface area contributed by atoms with E-state index in [1.54, 1.807) is 0 Å². The van der Waals surface area contributed by atoms with Crippen LogP contribution in [0.15, 0.2) is 24.3 Å². The molecule has 0 aliphatic carbocycles. The second kappa shape index (κ2) is 5.61. The lowest BCUT2D eigenvalue weighted by molar-refractivity contribution is 0.658. The first kappa shape index (κ1) is 13.9. The standard InChI is InChI=1S/C14H16ClIN2/c1-9(15)14-10(2)17-18(11(14)3)8-12-4-6-13(16)7-5-12/h4-7,9H,8H2,1-3H3. The third-order valence-electron chi connectivity index (χ3n) is 3.08. The number of benzene rings is 1. The van der Waals surface area contributed by atoms with Crippen molar-refractivity contribution in [2.45, 2.75) is 32.7 Å². The van der Waals surface area contributed by atoms with E-state index in [1.807, 2.05) is 18.5 Å². The van der Waals surface area contributed by atoms with Crippen LogP contribution in [0.3, 0.4) is 0 Å². The lowest BCUT2D eigenvalue weighted by Crippen LogP contribution is -2.04. The number of rotatable bonds is 3. The van der Waals surface area contributed by atoms with Gasteiger partial charge in [0.1, 0.15) is 0 Å². The molecule has 1 atom stereocenters. The Labute approximate surface area is 126 Å². The van der Waals surface area contributed by atoms with Crippen molar-refractivity contribution < 1.29 is 0 Å². The van der Waals surface area contributed by atoms with Crippen molar-refractivity contribution in [3.05, 3.63) is 50.4 Å². The van der Waals surface area contributed by atoms with Gasteiger partial charge in [-0.1, -0.05) is 12.1 Å². The molecule has 0 aliphatic rings. The quantitative estimate of drug-likeness (QED) is 0.573. The van der Waals surface area contributed by atoms with Crippen LogP contribution in [-0.4, -0.2) is 9.78 Å². The summed E-state index contributed by atoms with van der Waals surface area (Å²) >= 11 is 8.51. The van der Waals surface area contributed by atoms with Crippen LogP contribution in [0, 0.1) is 17.4 Å². The van der Waals surface area contributed by atoms with E-state index >= 15 is 0 Å². The minimum atomic E-state index is 0.00970. The number of aryl methyl sites for hydroxylation is 1. The van der Waals surface area contributed by atoms with E-state index in [2.05, 4.69) is 58.9 Å². The average Bonchev–Trinajstić information content (AvgIpc) is 2.57. The lowest BCUT2D eigenvalue weighted by atomic mass is 10.1. The lowest BCUT2D eigenvalue weighted by Gasteiger charge is -2.07. The van der Waals surface area contributed by atoms with E-state index in [0.717, 1.165) is 23.5 Å². The van der Waals surface area contributed by atoms with Crippen LogP contribution in [0.25, 0.3) is 0 Å². The molecular weight excluding hydrogens is 359 g/mol. The van der Waals surface area contributed by atoms with Gasteiger partial charge in [0.15, 0.2) is 0 Å². The van der Waals surface area contributed by atoms with Crippen molar-refractivity contribution in [2.24, 2.45) is 0 Å². The smallest absolute Gasteiger partial charge is 0.0662 e. The molecule has 1 aromatic heterocycles. The monoisotopic (exact) mass is 374 g/mol. The summed E-state index contributed by atoms with van der Waals surface area (Å²) in [5, 5.41) is 4.59. The molecular formula is C14H16ClIN2. The third-order valence-corrected chi connectivity index (χ3v) is 4.02. The number of halogens is 2. The molecule has 18 heavy (non-hydrogen) atoms. The largest absolute Gasteiger partial charge is 0.265 e. The Hall–Kier alpha value is -0.550. The van der Waals surface area contributed by atoms with Gasteiger partial charge in [0, 0.05) is 14.8 Å². The molecule has 1 aromatic carbocycles. The maximum atomic E-state index is 6.20. The normalized spacial score (nSPS) is 12.7. The molecule has 0 bridgehead atoms. The number of hydrogen-bond donors (Lipinski definition) is 0. The van der Waals surface area contributed by atoms with Crippen LogP contribution in [0.1, 0.15) is 34.8 Å². The highest BCUT2D eigenvalue weighted by Gasteiger charge is 2.15. The Kier molecular flexibility index (Phi) is 4.33. The van der Waals surface area contributed by atoms with Crippen LogP contribution in [0.4, 0.5) is 0 Å². The molecule has 0 fully saturated rings. The van der Waals surface area contributed by atoms with E-state index in [-0.39, 0.29) is 5.38 Å². The fourth-order valence-corrected chi connectivity index (χ4v) is 2.88. The fourth-order valence-electron chi connectivity index (χ4n) is 2.20. The van der Waals surface area contributed by atoms with Gasteiger partial charge in [-0.3, -0.25) is 4.68 Å². The van der Waals surface area contributed by atoms with Gasteiger partial charge in [-0.25, -0.2) is 0 Å². The second-order valence-electron chi connectivity index (χ2n) is 4.48. The highest BCUT2D eigenvalue weighted by molar-refractivity contribution is 14.1. The van der Waals surface area contributed by atoms with Gasteiger partial charge in [-0.15, -0.1) is 11.6 Å². The van der Waals surface area contributed by atoms with Crippen molar-refractivity contribution in [2.75, 3.05) is 0 Å². The maximum absolute atomic E-state index is 6.20. The molecule has 2 rings (SSSR count). The van der Waals surface area contributed by atoms with Crippen LogP contribution < -0.4 is 0 Å². The van der Waals surface area contributed by atoms with Crippen molar-refractivity contribution in [1.29, 1.82) is 0 Å². The molecule has 2 nitrogen and oxygen atoms in total. The van der Waals surface area contributed by atoms with Crippen LogP contribution in [0.2, 0.25) is 0 Å². The molecule has 0 aliphatic heterocycles. The number of hydrogen-bond acceptors (Lipinski definition) is 1. The first-order valence-corrected chi connectivity index (χ1v) is 7.43. The summed E-state index contributed by atoms with van der Waals surface area (Å²) in [6, 6.07) is 8.52. The van der Waals surface area contributed by atoms with Crippen molar-refractivity contribution in [1.82, 2.24) is 9.78 Å². The summed E-state index contributed by atoms with van der Waals surface area (Å²) in [5.41, 5.74) is 4.60. The minimum Gasteiger partial charge on any atom is -0.265 e. The van der Waals surface area contributed by atoms with E-state index in [4.69, 9.17) is 11.6 Å². The third kappa shape index (κ3) is 2.88. The fraction of sp³-hybridized carbons (Fsp3) is 0.357. The molecule has 0 radical (unpaired) electrons. The summed E-state index contributed by atoms with van der Waals surface area (Å²) in [6.07, 6.45) is 0. The van der Waals surface area contributed by atoms with Crippen molar-refractivity contribution >= 4 is 34.2 Å². The highest BCUT2D eigenvalue weighted by Crippen LogP contribution is 2.26. The Balaban J connectivity index is 2.30. The molecule has 0 saturated carbocycles. The summed E-state index contributed by atoms with van der Waals surface area (Å²) in [5.74, 6) is 0. The van der Waals surface area contributed by atoms with Gasteiger partial charge in [0.25, 0.3) is 0 Å². The maximum Gasteiger partial charge on any atom is 0.0662 e. The first-order chi connectivity index (χ1) is 8.49. The number of nitrogens with zero attached hydrogens (tertiary/aromatic N) is 2. The number of alkyl halides is 1. The molecule has 96 valence electrons. The molecule has 1 heterocycles. The first-order valence-electron chi connectivity index (χ1n) is 5.91. The van der Waals surface area contributed by atoms with Gasteiger partial charge in [0.2, 0.25) is 0 Å². The van der Waals surface area contributed by atoms with Gasteiger partial charge in [-0.2, -0.15) is 5.10 Å². The zero-order valence-corrected chi connectivity index (χ0v) is 13.7. The summed E-state index contributed by atoms with van der Waals surface area (Å²) in [6.45, 7) is 6.90. The minimum absolute atomic E-state index is 0.00970. The summed E-state index contributed by atoms with van der Waals surface area (Å²) < 4.78 is 3.28. The molecule has 4 heteroatoms. The summed E-state index contributed by atoms with van der Waals surface area (Å²) in [4.78, 5) is 0. The molecule has 0 N–H and O–H groups in total. The Morgan fingerprint density at radius 3 is 2.39 bits per heavy atom. The van der Waals surface area contributed by atoms with Gasteiger partial charge >= 0.3 is 0 Å². The van der Waals surface area contributed by atoms with Crippen LogP contribution in [0.5, 0.6) is 0 Å². The zero-order valence-electron chi connectivity index (χ0n) is 10.7. The highest BCUT2D eigenvalue weighted by atomic mass is 127. The number of aromatic nitrogens is 2. The Morgan fingerprint density at radius 2 is 1.89 bits per heavy atom. The molecule has 1 unspecified atom stereocenters. The van der Waals surface area contributed by atoms with E-state index < -0.39 is 0 Å². The van der Waals surface area contributed by atoms with Crippen LogP contribution >= 0.6 is 34.2 Å². The van der Waals surface area contributed by atoms with E-state index in [9.17, 15) is 0 Å². The zero-order chi connectivity index (χ0) is 13.3. The molecule has 0 amide bonds. The molecule has 2 aromatic rings. The van der Waals surface area contributed by atoms with E-state index in [1.165, 1.54) is 9.13 Å². The average molecular weight is 375 g/mol.